The molecule has 21 heavy (non-hydrogen) atoms. The Morgan fingerprint density at radius 1 is 0.952 bits per heavy atom. The molecule has 1 heterocycles. The third kappa shape index (κ3) is 2.94. The Morgan fingerprint density at radius 3 is 2.33 bits per heavy atom. The summed E-state index contributed by atoms with van der Waals surface area (Å²) >= 11 is 0. The van der Waals surface area contributed by atoms with Crippen LogP contribution in [-0.2, 0) is 6.54 Å². The van der Waals surface area contributed by atoms with Crippen LogP contribution in [0.1, 0.15) is 16.7 Å². The van der Waals surface area contributed by atoms with Gasteiger partial charge in [0.05, 0.1) is 5.69 Å². The maximum absolute atomic E-state index is 3.84. The molecule has 0 saturated heterocycles. The van der Waals surface area contributed by atoms with Crippen molar-refractivity contribution in [2.24, 2.45) is 0 Å². The van der Waals surface area contributed by atoms with Gasteiger partial charge in [-0.25, -0.2) is 0 Å². The normalized spacial score (nSPS) is 10.6. The lowest BCUT2D eigenvalue weighted by molar-refractivity contribution is 1.05. The van der Waals surface area contributed by atoms with E-state index in [1.54, 1.807) is 12.7 Å². The molecule has 0 aliphatic heterocycles. The van der Waals surface area contributed by atoms with Crippen molar-refractivity contribution >= 4 is 5.69 Å². The average molecular weight is 278 g/mol. The number of aryl methyl sites for hydroxylation is 2. The van der Waals surface area contributed by atoms with Gasteiger partial charge < -0.3 is 5.32 Å². The van der Waals surface area contributed by atoms with Crippen LogP contribution in [0.15, 0.2) is 55.1 Å². The highest BCUT2D eigenvalue weighted by Crippen LogP contribution is 2.18. The molecule has 3 aromatic rings. The summed E-state index contributed by atoms with van der Waals surface area (Å²) in [6.45, 7) is 5.12. The first kappa shape index (κ1) is 13.4. The number of anilines is 1. The second kappa shape index (κ2) is 5.79. The first-order valence-electron chi connectivity index (χ1n) is 6.98. The molecule has 2 aromatic carbocycles. The van der Waals surface area contributed by atoms with E-state index in [1.807, 2.05) is 16.7 Å². The molecule has 0 fully saturated rings. The minimum atomic E-state index is 0.824. The van der Waals surface area contributed by atoms with Gasteiger partial charge in [-0.3, -0.25) is 4.57 Å². The number of rotatable bonds is 4. The number of nitrogens with one attached hydrogen (secondary N) is 1. The predicted octanol–water partition coefficient (Wildman–Crippen LogP) is 3.50. The Morgan fingerprint density at radius 2 is 1.62 bits per heavy atom. The number of nitrogens with zero attached hydrogens (tertiary/aromatic N) is 3. The topological polar surface area (TPSA) is 42.7 Å². The van der Waals surface area contributed by atoms with E-state index in [0.717, 1.165) is 17.9 Å². The maximum Gasteiger partial charge on any atom is 0.123 e. The van der Waals surface area contributed by atoms with Crippen molar-refractivity contribution in [3.63, 3.8) is 0 Å². The Labute approximate surface area is 124 Å². The molecule has 0 aliphatic carbocycles. The molecule has 0 atom stereocenters. The molecule has 106 valence electrons. The summed E-state index contributed by atoms with van der Waals surface area (Å²) in [6.07, 6.45) is 3.40. The van der Waals surface area contributed by atoms with Gasteiger partial charge >= 0.3 is 0 Å². The molecular formula is C17H18N4. The largest absolute Gasteiger partial charge is 0.381 e. The highest BCUT2D eigenvalue weighted by atomic mass is 15.2. The van der Waals surface area contributed by atoms with Crippen LogP contribution in [0.3, 0.4) is 0 Å². The van der Waals surface area contributed by atoms with Crippen LogP contribution in [0.25, 0.3) is 5.69 Å². The summed E-state index contributed by atoms with van der Waals surface area (Å²) in [6, 6.07) is 14.6. The third-order valence-electron chi connectivity index (χ3n) is 3.68. The fourth-order valence-corrected chi connectivity index (χ4v) is 2.43. The van der Waals surface area contributed by atoms with Crippen LogP contribution in [-0.4, -0.2) is 14.8 Å². The average Bonchev–Trinajstić information content (AvgIpc) is 3.01. The van der Waals surface area contributed by atoms with E-state index in [0.29, 0.717) is 0 Å². The predicted molar refractivity (Wildman–Crippen MR) is 84.6 cm³/mol. The van der Waals surface area contributed by atoms with E-state index in [1.165, 1.54) is 16.7 Å². The molecule has 1 N–H and O–H groups in total. The lowest BCUT2D eigenvalue weighted by Crippen LogP contribution is -2.04. The van der Waals surface area contributed by atoms with Gasteiger partial charge in [-0.2, -0.15) is 0 Å². The van der Waals surface area contributed by atoms with Crippen LogP contribution in [0.2, 0.25) is 0 Å². The van der Waals surface area contributed by atoms with Gasteiger partial charge in [0.15, 0.2) is 0 Å². The Balaban J connectivity index is 1.78. The molecule has 0 aliphatic rings. The molecule has 0 spiro atoms. The van der Waals surface area contributed by atoms with Gasteiger partial charge in [0.2, 0.25) is 0 Å². The van der Waals surface area contributed by atoms with Crippen molar-refractivity contribution < 1.29 is 0 Å². The quantitative estimate of drug-likeness (QED) is 0.794. The standard InChI is InChI=1S/C17H18N4/c1-13-5-3-6-14(2)17(13)10-18-15-7-4-8-16(9-15)21-11-19-20-12-21/h3-9,11-12,18H,10H2,1-2H3. The molecule has 0 unspecified atom stereocenters. The van der Waals surface area contributed by atoms with Gasteiger partial charge in [-0.15, -0.1) is 10.2 Å². The van der Waals surface area contributed by atoms with Crippen LogP contribution in [0.5, 0.6) is 0 Å². The minimum Gasteiger partial charge on any atom is -0.381 e. The zero-order valence-corrected chi connectivity index (χ0v) is 12.2. The summed E-state index contributed by atoms with van der Waals surface area (Å²) in [4.78, 5) is 0. The summed E-state index contributed by atoms with van der Waals surface area (Å²) in [7, 11) is 0. The Hall–Kier alpha value is -2.62. The number of benzene rings is 2. The van der Waals surface area contributed by atoms with Crippen molar-refractivity contribution in [1.29, 1.82) is 0 Å². The number of hydrogen-bond acceptors (Lipinski definition) is 3. The zero-order chi connectivity index (χ0) is 14.7. The molecule has 0 radical (unpaired) electrons. The van der Waals surface area contributed by atoms with E-state index in [4.69, 9.17) is 0 Å². The van der Waals surface area contributed by atoms with Crippen molar-refractivity contribution in [2.75, 3.05) is 5.32 Å². The fourth-order valence-electron chi connectivity index (χ4n) is 2.43. The monoisotopic (exact) mass is 278 g/mol. The SMILES string of the molecule is Cc1cccc(C)c1CNc1cccc(-n2cnnc2)c1. The van der Waals surface area contributed by atoms with Gasteiger partial charge in [0, 0.05) is 12.2 Å². The molecule has 0 amide bonds. The molecule has 4 nitrogen and oxygen atoms in total. The molecular weight excluding hydrogens is 260 g/mol. The zero-order valence-electron chi connectivity index (χ0n) is 12.2. The highest BCUT2D eigenvalue weighted by molar-refractivity contribution is 5.52. The van der Waals surface area contributed by atoms with Gasteiger partial charge in [0.1, 0.15) is 12.7 Å². The van der Waals surface area contributed by atoms with E-state index < -0.39 is 0 Å². The molecule has 1 aromatic heterocycles. The summed E-state index contributed by atoms with van der Waals surface area (Å²) in [5.41, 5.74) is 6.12. The van der Waals surface area contributed by atoms with Crippen molar-refractivity contribution in [2.45, 2.75) is 20.4 Å². The second-order valence-electron chi connectivity index (χ2n) is 5.14. The van der Waals surface area contributed by atoms with Crippen LogP contribution in [0.4, 0.5) is 5.69 Å². The Bertz CT molecular complexity index is 712. The lowest BCUT2D eigenvalue weighted by Gasteiger charge is -2.12. The second-order valence-corrected chi connectivity index (χ2v) is 5.14. The minimum absolute atomic E-state index is 0.824. The van der Waals surface area contributed by atoms with Crippen molar-refractivity contribution in [3.8, 4) is 5.69 Å². The van der Waals surface area contributed by atoms with E-state index in [-0.39, 0.29) is 0 Å². The summed E-state index contributed by atoms with van der Waals surface area (Å²) < 4.78 is 1.89. The van der Waals surface area contributed by atoms with Gasteiger partial charge in [-0.05, 0) is 48.7 Å². The number of hydrogen-bond donors (Lipinski definition) is 1. The highest BCUT2D eigenvalue weighted by Gasteiger charge is 2.03. The molecule has 0 saturated carbocycles. The lowest BCUT2D eigenvalue weighted by atomic mass is 10.0. The van der Waals surface area contributed by atoms with Crippen molar-refractivity contribution in [3.05, 3.63) is 71.8 Å². The number of aromatic nitrogens is 3. The molecule has 3 rings (SSSR count). The van der Waals surface area contributed by atoms with Gasteiger partial charge in [-0.1, -0.05) is 24.3 Å². The third-order valence-corrected chi connectivity index (χ3v) is 3.68. The first-order chi connectivity index (χ1) is 10.2. The Kier molecular flexibility index (Phi) is 3.69. The summed E-state index contributed by atoms with van der Waals surface area (Å²) in [5, 5.41) is 11.2. The van der Waals surface area contributed by atoms with E-state index in [2.05, 4.69) is 59.7 Å². The van der Waals surface area contributed by atoms with E-state index in [9.17, 15) is 0 Å². The first-order valence-corrected chi connectivity index (χ1v) is 6.98. The smallest absolute Gasteiger partial charge is 0.123 e. The van der Waals surface area contributed by atoms with Gasteiger partial charge in [0.25, 0.3) is 0 Å². The van der Waals surface area contributed by atoms with Crippen LogP contribution >= 0.6 is 0 Å². The molecule has 4 heteroatoms. The summed E-state index contributed by atoms with van der Waals surface area (Å²) in [5.74, 6) is 0. The fraction of sp³-hybridized carbons (Fsp3) is 0.176. The maximum atomic E-state index is 3.84. The molecule has 0 bridgehead atoms. The van der Waals surface area contributed by atoms with Crippen LogP contribution < -0.4 is 5.32 Å². The van der Waals surface area contributed by atoms with E-state index >= 15 is 0 Å². The van der Waals surface area contributed by atoms with Crippen molar-refractivity contribution in [1.82, 2.24) is 14.8 Å². The van der Waals surface area contributed by atoms with Crippen LogP contribution in [0, 0.1) is 13.8 Å².